The standard InChI is InChI=1S/C16H20FNO3/c17-13-5-3-12(4-6-13)14(19)7-8-15(20)18-11-16(21)9-1-2-10-16/h3-6,21H,1-2,7-11H2,(H,18,20). The fourth-order valence-electron chi connectivity index (χ4n) is 2.57. The van der Waals surface area contributed by atoms with Gasteiger partial charge >= 0.3 is 0 Å². The zero-order valence-corrected chi connectivity index (χ0v) is 11.9. The van der Waals surface area contributed by atoms with Gasteiger partial charge in [0.05, 0.1) is 5.60 Å². The Bertz CT molecular complexity index is 507. The van der Waals surface area contributed by atoms with Crippen LogP contribution in [0, 0.1) is 5.82 Å². The van der Waals surface area contributed by atoms with Gasteiger partial charge in [0.2, 0.25) is 5.91 Å². The Morgan fingerprint density at radius 3 is 2.38 bits per heavy atom. The summed E-state index contributed by atoms with van der Waals surface area (Å²) in [5.41, 5.74) is -0.380. The van der Waals surface area contributed by atoms with E-state index in [1.807, 2.05) is 0 Å². The molecule has 0 heterocycles. The van der Waals surface area contributed by atoms with E-state index in [-0.39, 0.29) is 31.1 Å². The maximum Gasteiger partial charge on any atom is 0.220 e. The van der Waals surface area contributed by atoms with Crippen LogP contribution in [-0.4, -0.2) is 28.9 Å². The predicted molar refractivity (Wildman–Crippen MR) is 76.4 cm³/mol. The van der Waals surface area contributed by atoms with Crippen molar-refractivity contribution in [1.29, 1.82) is 0 Å². The normalized spacial score (nSPS) is 16.7. The Hall–Kier alpha value is -1.75. The van der Waals surface area contributed by atoms with E-state index in [4.69, 9.17) is 0 Å². The number of carbonyl (C=O) groups is 2. The van der Waals surface area contributed by atoms with E-state index in [0.717, 1.165) is 12.8 Å². The number of nitrogens with one attached hydrogen (secondary N) is 1. The minimum Gasteiger partial charge on any atom is -0.388 e. The predicted octanol–water partition coefficient (Wildman–Crippen LogP) is 2.21. The van der Waals surface area contributed by atoms with Crippen molar-refractivity contribution in [2.45, 2.75) is 44.1 Å². The average molecular weight is 293 g/mol. The molecule has 21 heavy (non-hydrogen) atoms. The lowest BCUT2D eigenvalue weighted by atomic mass is 10.0. The van der Waals surface area contributed by atoms with Crippen LogP contribution >= 0.6 is 0 Å². The molecule has 0 radical (unpaired) electrons. The second kappa shape index (κ2) is 6.80. The van der Waals surface area contributed by atoms with Crippen molar-refractivity contribution in [2.75, 3.05) is 6.54 Å². The lowest BCUT2D eigenvalue weighted by molar-refractivity contribution is -0.122. The first-order valence-corrected chi connectivity index (χ1v) is 7.26. The molecule has 0 saturated heterocycles. The topological polar surface area (TPSA) is 66.4 Å². The van der Waals surface area contributed by atoms with Gasteiger partial charge in [-0.15, -0.1) is 0 Å². The number of aliphatic hydroxyl groups is 1. The van der Waals surface area contributed by atoms with E-state index in [1.165, 1.54) is 24.3 Å². The minimum atomic E-state index is -0.781. The second-order valence-electron chi connectivity index (χ2n) is 5.64. The van der Waals surface area contributed by atoms with E-state index in [2.05, 4.69) is 5.32 Å². The van der Waals surface area contributed by atoms with Crippen molar-refractivity contribution >= 4 is 11.7 Å². The number of rotatable bonds is 6. The molecule has 114 valence electrons. The molecule has 0 bridgehead atoms. The fourth-order valence-corrected chi connectivity index (χ4v) is 2.57. The van der Waals surface area contributed by atoms with E-state index >= 15 is 0 Å². The molecule has 1 saturated carbocycles. The number of amides is 1. The van der Waals surface area contributed by atoms with Gasteiger partial charge in [-0.1, -0.05) is 12.8 Å². The van der Waals surface area contributed by atoms with Gasteiger partial charge in [-0.2, -0.15) is 0 Å². The lowest BCUT2D eigenvalue weighted by Crippen LogP contribution is -2.40. The van der Waals surface area contributed by atoms with Crippen LogP contribution in [0.1, 0.15) is 48.9 Å². The van der Waals surface area contributed by atoms with E-state index in [9.17, 15) is 19.1 Å². The third kappa shape index (κ3) is 4.63. The Morgan fingerprint density at radius 2 is 1.76 bits per heavy atom. The summed E-state index contributed by atoms with van der Waals surface area (Å²) < 4.78 is 12.7. The number of hydrogen-bond donors (Lipinski definition) is 2. The quantitative estimate of drug-likeness (QED) is 0.790. The molecule has 1 aliphatic carbocycles. The zero-order valence-electron chi connectivity index (χ0n) is 11.9. The molecule has 0 aliphatic heterocycles. The molecular formula is C16H20FNO3. The van der Waals surface area contributed by atoms with Crippen LogP contribution in [0.25, 0.3) is 0 Å². The molecule has 0 atom stereocenters. The maximum atomic E-state index is 12.7. The van der Waals surface area contributed by atoms with Crippen molar-refractivity contribution in [2.24, 2.45) is 0 Å². The van der Waals surface area contributed by atoms with Crippen LogP contribution in [0.15, 0.2) is 24.3 Å². The van der Waals surface area contributed by atoms with Crippen molar-refractivity contribution < 1.29 is 19.1 Å². The zero-order chi connectivity index (χ0) is 15.3. The lowest BCUT2D eigenvalue weighted by Gasteiger charge is -2.22. The largest absolute Gasteiger partial charge is 0.388 e. The number of hydrogen-bond acceptors (Lipinski definition) is 3. The first kappa shape index (κ1) is 15.6. The van der Waals surface area contributed by atoms with Gasteiger partial charge in [0.25, 0.3) is 0 Å². The van der Waals surface area contributed by atoms with Crippen LogP contribution < -0.4 is 5.32 Å². The molecule has 5 heteroatoms. The third-order valence-electron chi connectivity index (χ3n) is 3.89. The number of ketones is 1. The van der Waals surface area contributed by atoms with Crippen LogP contribution in [-0.2, 0) is 4.79 Å². The summed E-state index contributed by atoms with van der Waals surface area (Å²) in [5, 5.41) is 12.8. The number of carbonyl (C=O) groups excluding carboxylic acids is 2. The van der Waals surface area contributed by atoms with Gasteiger partial charge in [0.1, 0.15) is 5.82 Å². The van der Waals surface area contributed by atoms with Crippen LogP contribution in [0.5, 0.6) is 0 Å². The molecule has 1 aromatic rings. The second-order valence-corrected chi connectivity index (χ2v) is 5.64. The monoisotopic (exact) mass is 293 g/mol. The van der Waals surface area contributed by atoms with Crippen molar-refractivity contribution in [3.63, 3.8) is 0 Å². The highest BCUT2D eigenvalue weighted by Crippen LogP contribution is 2.28. The van der Waals surface area contributed by atoms with E-state index in [0.29, 0.717) is 18.4 Å². The molecule has 0 spiro atoms. The Balaban J connectivity index is 1.73. The molecule has 2 rings (SSSR count). The molecule has 1 amide bonds. The SMILES string of the molecule is O=C(CCC(=O)c1ccc(F)cc1)NCC1(O)CCCC1. The molecule has 1 aromatic carbocycles. The molecule has 0 unspecified atom stereocenters. The van der Waals surface area contributed by atoms with Crippen LogP contribution in [0.3, 0.4) is 0 Å². The van der Waals surface area contributed by atoms with Gasteiger partial charge in [-0.25, -0.2) is 4.39 Å². The summed E-state index contributed by atoms with van der Waals surface area (Å²) in [7, 11) is 0. The molecule has 0 aromatic heterocycles. The first-order chi connectivity index (χ1) is 9.98. The summed E-state index contributed by atoms with van der Waals surface area (Å²) >= 11 is 0. The molecule has 4 nitrogen and oxygen atoms in total. The Kier molecular flexibility index (Phi) is 5.07. The Morgan fingerprint density at radius 1 is 1.14 bits per heavy atom. The first-order valence-electron chi connectivity index (χ1n) is 7.26. The van der Waals surface area contributed by atoms with Gasteiger partial charge in [-0.3, -0.25) is 9.59 Å². The summed E-state index contributed by atoms with van der Waals surface area (Å²) in [6, 6.07) is 5.28. The van der Waals surface area contributed by atoms with Crippen molar-refractivity contribution in [3.8, 4) is 0 Å². The van der Waals surface area contributed by atoms with E-state index in [1.54, 1.807) is 0 Å². The minimum absolute atomic E-state index is 0.0757. The fraction of sp³-hybridized carbons (Fsp3) is 0.500. The van der Waals surface area contributed by atoms with Gasteiger partial charge in [0, 0.05) is 24.9 Å². The third-order valence-corrected chi connectivity index (χ3v) is 3.89. The van der Waals surface area contributed by atoms with Gasteiger partial charge < -0.3 is 10.4 Å². The molecule has 1 fully saturated rings. The highest BCUT2D eigenvalue weighted by Gasteiger charge is 2.31. The number of Topliss-reactive ketones (excluding diaryl/α,β-unsaturated/α-hetero) is 1. The molecular weight excluding hydrogens is 273 g/mol. The van der Waals surface area contributed by atoms with Gasteiger partial charge in [0.15, 0.2) is 5.78 Å². The summed E-state index contributed by atoms with van der Waals surface area (Å²) in [4.78, 5) is 23.5. The van der Waals surface area contributed by atoms with E-state index < -0.39 is 11.4 Å². The van der Waals surface area contributed by atoms with Gasteiger partial charge in [-0.05, 0) is 37.1 Å². The van der Waals surface area contributed by atoms with Crippen LogP contribution in [0.2, 0.25) is 0 Å². The highest BCUT2D eigenvalue weighted by atomic mass is 19.1. The van der Waals surface area contributed by atoms with Crippen molar-refractivity contribution in [1.82, 2.24) is 5.32 Å². The maximum absolute atomic E-state index is 12.7. The number of halogens is 1. The highest BCUT2D eigenvalue weighted by molar-refractivity contribution is 5.97. The Labute approximate surface area is 123 Å². The smallest absolute Gasteiger partial charge is 0.220 e. The molecule has 2 N–H and O–H groups in total. The summed E-state index contributed by atoms with van der Waals surface area (Å²) in [6.07, 6.45) is 3.54. The average Bonchev–Trinajstić information content (AvgIpc) is 2.91. The number of benzene rings is 1. The van der Waals surface area contributed by atoms with Crippen LogP contribution in [0.4, 0.5) is 4.39 Å². The van der Waals surface area contributed by atoms with Crippen molar-refractivity contribution in [3.05, 3.63) is 35.6 Å². The molecule has 1 aliphatic rings. The summed E-state index contributed by atoms with van der Waals surface area (Å²) in [5.74, 6) is -0.829. The summed E-state index contributed by atoms with van der Waals surface area (Å²) in [6.45, 7) is 0.247.